The summed E-state index contributed by atoms with van der Waals surface area (Å²) in [5, 5.41) is 11.4. The molecule has 7 heteroatoms. The first kappa shape index (κ1) is 14.1. The van der Waals surface area contributed by atoms with Crippen molar-refractivity contribution in [3.63, 3.8) is 0 Å². The second-order valence-electron chi connectivity index (χ2n) is 4.90. The van der Waals surface area contributed by atoms with Crippen LogP contribution >= 0.6 is 11.3 Å². The Kier molecular flexibility index (Phi) is 3.69. The van der Waals surface area contributed by atoms with E-state index in [0.29, 0.717) is 0 Å². The molecule has 1 fully saturated rings. The molecule has 3 rings (SSSR count). The smallest absolute Gasteiger partial charge is 0.273 e. The molecule has 1 aliphatic rings. The number of thiazole rings is 1. The van der Waals surface area contributed by atoms with Crippen molar-refractivity contribution in [3.8, 4) is 0 Å². The monoisotopic (exact) mass is 310 g/mol. The van der Waals surface area contributed by atoms with Crippen LogP contribution in [0.25, 0.3) is 0 Å². The zero-order chi connectivity index (χ0) is 15.0. The molecule has 0 saturated carbocycles. The average Bonchev–Trinajstić information content (AvgIpc) is 3.10. The SMILES string of the molecule is O=C(c1cscn1)N1C[C@@H](O)C[C@@H]1c1cc(F)ccc1F. The Hall–Kier alpha value is -1.86. The number of aliphatic hydroxyl groups excluding tert-OH is 1. The summed E-state index contributed by atoms with van der Waals surface area (Å²) < 4.78 is 27.3. The number of halogens is 2. The first-order valence-electron chi connectivity index (χ1n) is 6.38. The molecule has 2 atom stereocenters. The van der Waals surface area contributed by atoms with Gasteiger partial charge in [-0.25, -0.2) is 13.8 Å². The maximum absolute atomic E-state index is 13.9. The third kappa shape index (κ3) is 2.66. The van der Waals surface area contributed by atoms with Crippen molar-refractivity contribution in [2.24, 2.45) is 0 Å². The molecule has 1 aliphatic heterocycles. The summed E-state index contributed by atoms with van der Waals surface area (Å²) in [4.78, 5) is 17.7. The van der Waals surface area contributed by atoms with Gasteiger partial charge in [0.15, 0.2) is 0 Å². The van der Waals surface area contributed by atoms with Gasteiger partial charge in [0.05, 0.1) is 17.7 Å². The average molecular weight is 310 g/mol. The van der Waals surface area contributed by atoms with Crippen LogP contribution < -0.4 is 0 Å². The van der Waals surface area contributed by atoms with E-state index >= 15 is 0 Å². The Morgan fingerprint density at radius 2 is 2.24 bits per heavy atom. The predicted octanol–water partition coefficient (Wildman–Crippen LogP) is 2.37. The topological polar surface area (TPSA) is 53.4 Å². The van der Waals surface area contributed by atoms with Crippen LogP contribution in [-0.2, 0) is 0 Å². The van der Waals surface area contributed by atoms with Gasteiger partial charge in [-0.1, -0.05) is 0 Å². The number of amides is 1. The highest BCUT2D eigenvalue weighted by Crippen LogP contribution is 2.35. The second-order valence-corrected chi connectivity index (χ2v) is 5.62. The van der Waals surface area contributed by atoms with Gasteiger partial charge in [-0.2, -0.15) is 0 Å². The molecular formula is C14H12F2N2O2S. The maximum atomic E-state index is 13.9. The Morgan fingerprint density at radius 3 is 2.95 bits per heavy atom. The van der Waals surface area contributed by atoms with Crippen molar-refractivity contribution in [2.75, 3.05) is 6.54 Å². The molecule has 4 nitrogen and oxygen atoms in total. The minimum atomic E-state index is -0.764. The molecule has 1 amide bonds. The van der Waals surface area contributed by atoms with Crippen molar-refractivity contribution in [3.05, 3.63) is 52.0 Å². The van der Waals surface area contributed by atoms with Crippen LogP contribution in [-0.4, -0.2) is 33.5 Å². The third-order valence-corrected chi connectivity index (χ3v) is 4.09. The fraction of sp³-hybridized carbons (Fsp3) is 0.286. The van der Waals surface area contributed by atoms with E-state index in [2.05, 4.69) is 4.98 Å². The van der Waals surface area contributed by atoms with Gasteiger partial charge >= 0.3 is 0 Å². The van der Waals surface area contributed by atoms with Gasteiger partial charge in [-0.15, -0.1) is 11.3 Å². The molecule has 0 bridgehead atoms. The van der Waals surface area contributed by atoms with Gasteiger partial charge in [0.2, 0.25) is 0 Å². The number of hydrogen-bond donors (Lipinski definition) is 1. The van der Waals surface area contributed by atoms with Gasteiger partial charge in [-0.3, -0.25) is 4.79 Å². The molecule has 1 aromatic heterocycles. The minimum absolute atomic E-state index is 0.0788. The number of aromatic nitrogens is 1. The van der Waals surface area contributed by atoms with E-state index in [9.17, 15) is 18.7 Å². The van der Waals surface area contributed by atoms with Crippen LogP contribution in [0.5, 0.6) is 0 Å². The molecule has 0 aliphatic carbocycles. The minimum Gasteiger partial charge on any atom is -0.391 e. The summed E-state index contributed by atoms with van der Waals surface area (Å²) in [5.41, 5.74) is 1.85. The number of hydrogen-bond acceptors (Lipinski definition) is 4. The molecule has 2 aromatic rings. The molecular weight excluding hydrogens is 298 g/mol. The lowest BCUT2D eigenvalue weighted by Gasteiger charge is -2.24. The van der Waals surface area contributed by atoms with Crippen LogP contribution in [0.15, 0.2) is 29.1 Å². The van der Waals surface area contributed by atoms with E-state index in [4.69, 9.17) is 0 Å². The van der Waals surface area contributed by atoms with Gasteiger partial charge in [0.1, 0.15) is 17.3 Å². The summed E-state index contributed by atoms with van der Waals surface area (Å²) in [7, 11) is 0. The van der Waals surface area contributed by atoms with Crippen molar-refractivity contribution in [1.82, 2.24) is 9.88 Å². The molecule has 110 valence electrons. The van der Waals surface area contributed by atoms with Crippen molar-refractivity contribution in [1.29, 1.82) is 0 Å². The third-order valence-electron chi connectivity index (χ3n) is 3.51. The summed E-state index contributed by atoms with van der Waals surface area (Å²) in [5.74, 6) is -1.55. The predicted molar refractivity (Wildman–Crippen MR) is 72.9 cm³/mol. The van der Waals surface area contributed by atoms with Gasteiger partial charge < -0.3 is 10.0 Å². The van der Waals surface area contributed by atoms with Gasteiger partial charge in [0.25, 0.3) is 5.91 Å². The van der Waals surface area contributed by atoms with Crippen molar-refractivity contribution < 1.29 is 18.7 Å². The number of aliphatic hydroxyl groups is 1. The first-order valence-corrected chi connectivity index (χ1v) is 7.32. The number of carbonyl (C=O) groups is 1. The molecule has 0 unspecified atom stereocenters. The van der Waals surface area contributed by atoms with Crippen molar-refractivity contribution >= 4 is 17.2 Å². The highest BCUT2D eigenvalue weighted by Gasteiger charge is 2.37. The Labute approximate surface area is 123 Å². The van der Waals surface area contributed by atoms with Crippen molar-refractivity contribution in [2.45, 2.75) is 18.6 Å². The van der Waals surface area contributed by atoms with Gasteiger partial charge in [0, 0.05) is 17.5 Å². The van der Waals surface area contributed by atoms with Crippen LogP contribution in [0.4, 0.5) is 8.78 Å². The molecule has 0 spiro atoms. The quantitative estimate of drug-likeness (QED) is 0.926. The molecule has 1 aromatic carbocycles. The van der Waals surface area contributed by atoms with E-state index in [1.54, 1.807) is 5.38 Å². The summed E-state index contributed by atoms with van der Waals surface area (Å²) in [6, 6.07) is 2.43. The number of β-amino-alcohol motifs (C(OH)–C–C–N with tert-alkyl or cyclic N) is 1. The zero-order valence-electron chi connectivity index (χ0n) is 10.9. The van der Waals surface area contributed by atoms with E-state index in [1.165, 1.54) is 21.7 Å². The first-order chi connectivity index (χ1) is 10.1. The van der Waals surface area contributed by atoms with Crippen LogP contribution in [0.2, 0.25) is 0 Å². The van der Waals surface area contributed by atoms with Crippen LogP contribution in [0.1, 0.15) is 28.5 Å². The lowest BCUT2D eigenvalue weighted by atomic mass is 10.0. The number of benzene rings is 1. The Balaban J connectivity index is 1.96. The lowest BCUT2D eigenvalue weighted by Crippen LogP contribution is -2.32. The zero-order valence-corrected chi connectivity index (χ0v) is 11.7. The van der Waals surface area contributed by atoms with E-state index in [0.717, 1.165) is 18.2 Å². The van der Waals surface area contributed by atoms with Crippen LogP contribution in [0.3, 0.4) is 0 Å². The highest BCUT2D eigenvalue weighted by molar-refractivity contribution is 7.07. The molecule has 0 radical (unpaired) electrons. The fourth-order valence-corrected chi connectivity index (χ4v) is 3.09. The lowest BCUT2D eigenvalue weighted by molar-refractivity contribution is 0.0708. The fourth-order valence-electron chi connectivity index (χ4n) is 2.57. The highest BCUT2D eigenvalue weighted by atomic mass is 32.1. The van der Waals surface area contributed by atoms with E-state index in [1.807, 2.05) is 0 Å². The maximum Gasteiger partial charge on any atom is 0.273 e. The molecule has 1 N–H and O–H groups in total. The molecule has 2 heterocycles. The number of nitrogens with zero attached hydrogens (tertiary/aromatic N) is 2. The van der Waals surface area contributed by atoms with Gasteiger partial charge in [-0.05, 0) is 24.6 Å². The Bertz CT molecular complexity index is 663. The van der Waals surface area contributed by atoms with Crippen LogP contribution in [0, 0.1) is 11.6 Å². The van der Waals surface area contributed by atoms with E-state index in [-0.39, 0.29) is 30.1 Å². The number of carbonyl (C=O) groups excluding carboxylic acids is 1. The summed E-state index contributed by atoms with van der Waals surface area (Å²) in [6.07, 6.45) is -0.587. The van der Waals surface area contributed by atoms with E-state index < -0.39 is 23.8 Å². The summed E-state index contributed by atoms with van der Waals surface area (Å²) in [6.45, 7) is 0.0803. The second kappa shape index (κ2) is 5.50. The normalized spacial score (nSPS) is 21.8. The number of rotatable bonds is 2. The summed E-state index contributed by atoms with van der Waals surface area (Å²) >= 11 is 1.27. The Morgan fingerprint density at radius 1 is 1.43 bits per heavy atom. The standard InChI is InChI=1S/C14H12F2N2O2S/c15-8-1-2-11(16)10(3-8)13-4-9(19)5-18(13)14(20)12-6-21-7-17-12/h1-3,6-7,9,13,19H,4-5H2/t9-,13+/m0/s1. The largest absolute Gasteiger partial charge is 0.391 e. The molecule has 21 heavy (non-hydrogen) atoms. The number of likely N-dealkylation sites (tertiary alicyclic amines) is 1. The molecule has 1 saturated heterocycles.